The average molecular weight is 386 g/mol. The van der Waals surface area contributed by atoms with E-state index in [0.29, 0.717) is 5.92 Å². The monoisotopic (exact) mass is 385 g/mol. The molecule has 0 bridgehead atoms. The summed E-state index contributed by atoms with van der Waals surface area (Å²) in [5.41, 5.74) is 13.8. The van der Waals surface area contributed by atoms with Gasteiger partial charge in [-0.2, -0.15) is 0 Å². The summed E-state index contributed by atoms with van der Waals surface area (Å²) in [5.74, 6) is 0.478. The molecular formula is C28H35N. The van der Waals surface area contributed by atoms with Crippen LogP contribution < -0.4 is 5.73 Å². The Balaban J connectivity index is 1.80. The lowest BCUT2D eigenvalue weighted by Crippen LogP contribution is -2.33. The van der Waals surface area contributed by atoms with E-state index in [2.05, 4.69) is 67.6 Å². The number of allylic oxidation sites excluding steroid dienone is 3. The minimum Gasteiger partial charge on any atom is -0.327 e. The Labute approximate surface area is 176 Å². The minimum atomic E-state index is -0.0117. The van der Waals surface area contributed by atoms with Crippen LogP contribution in [0.4, 0.5) is 0 Å². The normalized spacial score (nSPS) is 26.0. The third kappa shape index (κ3) is 3.62. The van der Waals surface area contributed by atoms with E-state index in [1.807, 2.05) is 0 Å². The second-order valence-electron chi connectivity index (χ2n) is 8.98. The Bertz CT molecular complexity index is 864. The molecule has 1 nitrogen and oxygen atoms in total. The molecule has 0 radical (unpaired) electrons. The zero-order chi connectivity index (χ0) is 20.3. The van der Waals surface area contributed by atoms with Crippen LogP contribution in [-0.2, 0) is 0 Å². The molecular weight excluding hydrogens is 350 g/mol. The number of hydrogen-bond acceptors (Lipinski definition) is 1. The molecule has 0 aliphatic heterocycles. The highest BCUT2D eigenvalue weighted by molar-refractivity contribution is 5.90. The highest BCUT2D eigenvalue weighted by Crippen LogP contribution is 2.65. The van der Waals surface area contributed by atoms with Gasteiger partial charge in [0.15, 0.2) is 0 Å². The van der Waals surface area contributed by atoms with Crippen LogP contribution in [0.2, 0.25) is 0 Å². The van der Waals surface area contributed by atoms with Gasteiger partial charge < -0.3 is 5.73 Å². The maximum absolute atomic E-state index is 6.73. The standard InChI is InChI=1S/C28H35N/c1-3-4-5-8-17-24-20-25-26(29)18-19-28(25,21(2)22-13-9-6-10-14-22)27(24)23-15-11-7-12-16-23/h6-7,9-16,25-26H,2-5,8,17-20,29H2,1H3/t25?,26-,28-/m0/s1. The Morgan fingerprint density at radius 2 is 1.69 bits per heavy atom. The molecule has 1 unspecified atom stereocenters. The van der Waals surface area contributed by atoms with Gasteiger partial charge in [-0.3, -0.25) is 0 Å². The lowest BCUT2D eigenvalue weighted by molar-refractivity contribution is 0.376. The molecule has 0 amide bonds. The summed E-state index contributed by atoms with van der Waals surface area (Å²) >= 11 is 0. The first-order chi connectivity index (χ1) is 14.2. The van der Waals surface area contributed by atoms with Crippen molar-refractivity contribution < 1.29 is 0 Å². The first-order valence-electron chi connectivity index (χ1n) is 11.5. The summed E-state index contributed by atoms with van der Waals surface area (Å²) in [6, 6.07) is 22.1. The Morgan fingerprint density at radius 3 is 2.38 bits per heavy atom. The van der Waals surface area contributed by atoms with E-state index in [4.69, 9.17) is 12.3 Å². The molecule has 1 fully saturated rings. The fourth-order valence-corrected chi connectivity index (χ4v) is 5.95. The highest BCUT2D eigenvalue weighted by atomic mass is 14.7. The van der Waals surface area contributed by atoms with Crippen molar-refractivity contribution in [3.63, 3.8) is 0 Å². The summed E-state index contributed by atoms with van der Waals surface area (Å²) in [6.45, 7) is 6.99. The summed E-state index contributed by atoms with van der Waals surface area (Å²) in [7, 11) is 0. The van der Waals surface area contributed by atoms with E-state index in [0.717, 1.165) is 19.3 Å². The molecule has 2 N–H and O–H groups in total. The Hall–Kier alpha value is -2.12. The maximum Gasteiger partial charge on any atom is 0.0255 e. The SMILES string of the molecule is C=C(c1ccccc1)[C@@]12CC[C@H](N)C1CC(CCCCCC)=C2c1ccccc1. The van der Waals surface area contributed by atoms with E-state index in [1.165, 1.54) is 48.8 Å². The molecule has 0 aromatic heterocycles. The number of rotatable bonds is 8. The molecule has 2 aliphatic carbocycles. The summed E-state index contributed by atoms with van der Waals surface area (Å²) < 4.78 is 0. The molecule has 1 saturated carbocycles. The molecule has 152 valence electrons. The van der Waals surface area contributed by atoms with Crippen LogP contribution in [0, 0.1) is 11.3 Å². The van der Waals surface area contributed by atoms with E-state index < -0.39 is 0 Å². The van der Waals surface area contributed by atoms with Crippen LogP contribution in [0.1, 0.15) is 69.4 Å². The summed E-state index contributed by atoms with van der Waals surface area (Å²) in [6.07, 6.45) is 9.79. The van der Waals surface area contributed by atoms with Gasteiger partial charge in [0.25, 0.3) is 0 Å². The lowest BCUT2D eigenvalue weighted by atomic mass is 9.66. The molecule has 29 heavy (non-hydrogen) atoms. The number of hydrogen-bond donors (Lipinski definition) is 1. The van der Waals surface area contributed by atoms with Crippen LogP contribution in [-0.4, -0.2) is 6.04 Å². The molecule has 1 heteroatoms. The maximum atomic E-state index is 6.73. The van der Waals surface area contributed by atoms with E-state index >= 15 is 0 Å². The molecule has 0 saturated heterocycles. The van der Waals surface area contributed by atoms with Crippen LogP contribution in [0.3, 0.4) is 0 Å². The van der Waals surface area contributed by atoms with Gasteiger partial charge in [-0.25, -0.2) is 0 Å². The Kier molecular flexibility index (Phi) is 6.06. The van der Waals surface area contributed by atoms with Gasteiger partial charge in [0.05, 0.1) is 0 Å². The van der Waals surface area contributed by atoms with Crippen molar-refractivity contribution in [3.05, 3.63) is 83.9 Å². The molecule has 2 aromatic rings. The van der Waals surface area contributed by atoms with Crippen molar-refractivity contribution >= 4 is 11.1 Å². The number of benzene rings is 2. The van der Waals surface area contributed by atoms with Crippen molar-refractivity contribution in [2.45, 2.75) is 64.3 Å². The van der Waals surface area contributed by atoms with Crippen LogP contribution in [0.5, 0.6) is 0 Å². The van der Waals surface area contributed by atoms with Crippen molar-refractivity contribution in [1.29, 1.82) is 0 Å². The van der Waals surface area contributed by atoms with Crippen molar-refractivity contribution in [2.24, 2.45) is 17.1 Å². The number of unbranched alkanes of at least 4 members (excludes halogenated alkanes) is 3. The third-order valence-electron chi connectivity index (χ3n) is 7.34. The lowest BCUT2D eigenvalue weighted by Gasteiger charge is -2.37. The van der Waals surface area contributed by atoms with Crippen molar-refractivity contribution in [1.82, 2.24) is 0 Å². The van der Waals surface area contributed by atoms with Crippen molar-refractivity contribution in [2.75, 3.05) is 0 Å². The van der Waals surface area contributed by atoms with Crippen LogP contribution in [0.15, 0.2) is 72.8 Å². The molecule has 2 aromatic carbocycles. The Morgan fingerprint density at radius 1 is 1.00 bits per heavy atom. The highest BCUT2D eigenvalue weighted by Gasteiger charge is 2.55. The zero-order valence-corrected chi connectivity index (χ0v) is 17.9. The third-order valence-corrected chi connectivity index (χ3v) is 7.34. The number of nitrogens with two attached hydrogens (primary N) is 1. The van der Waals surface area contributed by atoms with Gasteiger partial charge in [0.2, 0.25) is 0 Å². The second-order valence-corrected chi connectivity index (χ2v) is 8.98. The topological polar surface area (TPSA) is 26.0 Å². The predicted molar refractivity (Wildman–Crippen MR) is 125 cm³/mol. The zero-order valence-electron chi connectivity index (χ0n) is 17.9. The van der Waals surface area contributed by atoms with Gasteiger partial charge in [-0.1, -0.05) is 99.0 Å². The van der Waals surface area contributed by atoms with E-state index in [1.54, 1.807) is 11.1 Å². The summed E-state index contributed by atoms with van der Waals surface area (Å²) in [4.78, 5) is 0. The fourth-order valence-electron chi connectivity index (χ4n) is 5.95. The molecule has 3 atom stereocenters. The molecule has 0 spiro atoms. The first kappa shape index (κ1) is 20.2. The minimum absolute atomic E-state index is 0.0117. The van der Waals surface area contributed by atoms with Gasteiger partial charge in [-0.15, -0.1) is 0 Å². The quantitative estimate of drug-likeness (QED) is 0.476. The summed E-state index contributed by atoms with van der Waals surface area (Å²) in [5, 5.41) is 0. The molecule has 4 rings (SSSR count). The largest absolute Gasteiger partial charge is 0.327 e. The van der Waals surface area contributed by atoms with Gasteiger partial charge in [0.1, 0.15) is 0 Å². The predicted octanol–water partition coefficient (Wildman–Crippen LogP) is 7.25. The van der Waals surface area contributed by atoms with E-state index in [9.17, 15) is 0 Å². The van der Waals surface area contributed by atoms with Crippen LogP contribution >= 0.6 is 0 Å². The van der Waals surface area contributed by atoms with E-state index in [-0.39, 0.29) is 11.5 Å². The number of fused-ring (bicyclic) bond motifs is 1. The van der Waals surface area contributed by atoms with Gasteiger partial charge in [0, 0.05) is 11.5 Å². The first-order valence-corrected chi connectivity index (χ1v) is 11.5. The van der Waals surface area contributed by atoms with Gasteiger partial charge in [-0.05, 0) is 60.3 Å². The van der Waals surface area contributed by atoms with Crippen LogP contribution in [0.25, 0.3) is 11.1 Å². The second kappa shape index (κ2) is 8.71. The fraction of sp³-hybridized carbons (Fsp3) is 0.429. The molecule has 2 aliphatic rings. The average Bonchev–Trinajstić information content (AvgIpc) is 3.27. The molecule has 0 heterocycles. The van der Waals surface area contributed by atoms with Gasteiger partial charge >= 0.3 is 0 Å². The van der Waals surface area contributed by atoms with Crippen molar-refractivity contribution in [3.8, 4) is 0 Å². The smallest absolute Gasteiger partial charge is 0.0255 e.